The number of hydrazine groups is 1. The van der Waals surface area contributed by atoms with Crippen molar-refractivity contribution in [3.05, 3.63) is 29.3 Å². The Labute approximate surface area is 155 Å². The van der Waals surface area contributed by atoms with Gasteiger partial charge in [0.15, 0.2) is 5.11 Å². The molecule has 1 aromatic rings. The van der Waals surface area contributed by atoms with Crippen LogP contribution in [-0.4, -0.2) is 42.9 Å². The second-order valence-electron chi connectivity index (χ2n) is 6.84. The highest BCUT2D eigenvalue weighted by Crippen LogP contribution is 2.13. The SMILES string of the molecule is Cc1ccc(NC(=S)NNC(=O)CC[NH+]2C[C@@H](C)O[C@@H](C)C2)cc1C. The fourth-order valence-electron chi connectivity index (χ4n) is 3.05. The molecule has 138 valence electrons. The smallest absolute Gasteiger partial charge is 0.244 e. The van der Waals surface area contributed by atoms with Gasteiger partial charge in [-0.1, -0.05) is 6.07 Å². The lowest BCUT2D eigenvalue weighted by Gasteiger charge is -2.32. The van der Waals surface area contributed by atoms with Gasteiger partial charge < -0.3 is 15.0 Å². The second-order valence-corrected chi connectivity index (χ2v) is 7.25. The molecule has 1 aromatic carbocycles. The van der Waals surface area contributed by atoms with Gasteiger partial charge in [0.25, 0.3) is 0 Å². The maximum Gasteiger partial charge on any atom is 0.244 e. The van der Waals surface area contributed by atoms with Gasteiger partial charge in [-0.15, -0.1) is 0 Å². The van der Waals surface area contributed by atoms with E-state index in [4.69, 9.17) is 17.0 Å². The van der Waals surface area contributed by atoms with Crippen LogP contribution in [0.15, 0.2) is 18.2 Å². The number of carbonyl (C=O) groups excluding carboxylic acids is 1. The molecule has 0 aliphatic carbocycles. The highest BCUT2D eigenvalue weighted by atomic mass is 32.1. The first-order chi connectivity index (χ1) is 11.8. The number of quaternary nitrogens is 1. The molecule has 1 saturated heterocycles. The fraction of sp³-hybridized carbons (Fsp3) is 0.556. The minimum Gasteiger partial charge on any atom is -0.364 e. The Morgan fingerprint density at radius 1 is 1.20 bits per heavy atom. The molecule has 7 heteroatoms. The van der Waals surface area contributed by atoms with Crippen LogP contribution < -0.4 is 21.1 Å². The number of hydrogen-bond donors (Lipinski definition) is 4. The van der Waals surface area contributed by atoms with Crippen molar-refractivity contribution >= 4 is 28.9 Å². The van der Waals surface area contributed by atoms with Gasteiger partial charge in [-0.2, -0.15) is 0 Å². The van der Waals surface area contributed by atoms with E-state index in [1.165, 1.54) is 16.0 Å². The number of nitrogens with one attached hydrogen (secondary N) is 4. The number of rotatable bonds is 4. The third-order valence-electron chi connectivity index (χ3n) is 4.40. The lowest BCUT2D eigenvalue weighted by molar-refractivity contribution is -0.914. The van der Waals surface area contributed by atoms with Crippen molar-refractivity contribution in [3.63, 3.8) is 0 Å². The number of thiocarbonyl (C=S) groups is 1. The summed E-state index contributed by atoms with van der Waals surface area (Å²) < 4.78 is 5.72. The van der Waals surface area contributed by atoms with Crippen LogP contribution in [0.1, 0.15) is 31.4 Å². The molecule has 1 fully saturated rings. The van der Waals surface area contributed by atoms with Crippen LogP contribution in [-0.2, 0) is 9.53 Å². The molecule has 1 amide bonds. The summed E-state index contributed by atoms with van der Waals surface area (Å²) in [6, 6.07) is 6.02. The van der Waals surface area contributed by atoms with E-state index in [1.807, 2.05) is 18.2 Å². The molecule has 0 radical (unpaired) electrons. The quantitative estimate of drug-likeness (QED) is 0.467. The summed E-state index contributed by atoms with van der Waals surface area (Å²) in [5.41, 5.74) is 8.73. The molecule has 0 aromatic heterocycles. The van der Waals surface area contributed by atoms with Crippen LogP contribution >= 0.6 is 12.2 Å². The van der Waals surface area contributed by atoms with Gasteiger partial charge >= 0.3 is 0 Å². The number of benzene rings is 1. The van der Waals surface area contributed by atoms with Crippen LogP contribution in [0.4, 0.5) is 5.69 Å². The van der Waals surface area contributed by atoms with Crippen molar-refractivity contribution in [3.8, 4) is 0 Å². The highest BCUT2D eigenvalue weighted by Gasteiger charge is 2.25. The average Bonchev–Trinajstić information content (AvgIpc) is 2.53. The molecule has 1 aliphatic heterocycles. The zero-order valence-electron chi connectivity index (χ0n) is 15.4. The Hall–Kier alpha value is -1.70. The molecule has 0 spiro atoms. The van der Waals surface area contributed by atoms with E-state index in [-0.39, 0.29) is 18.1 Å². The van der Waals surface area contributed by atoms with Crippen molar-refractivity contribution < 1.29 is 14.4 Å². The maximum atomic E-state index is 12.0. The van der Waals surface area contributed by atoms with Crippen LogP contribution in [0.2, 0.25) is 0 Å². The average molecular weight is 366 g/mol. The molecule has 0 saturated carbocycles. The number of hydrogen-bond acceptors (Lipinski definition) is 3. The topological polar surface area (TPSA) is 66.8 Å². The lowest BCUT2D eigenvalue weighted by Crippen LogP contribution is -3.15. The minimum absolute atomic E-state index is 0.0662. The third-order valence-corrected chi connectivity index (χ3v) is 4.61. The van der Waals surface area contributed by atoms with E-state index in [1.54, 1.807) is 0 Å². The van der Waals surface area contributed by atoms with Gasteiger partial charge in [-0.3, -0.25) is 15.6 Å². The molecule has 25 heavy (non-hydrogen) atoms. The Kier molecular flexibility index (Phi) is 7.16. The predicted molar refractivity (Wildman–Crippen MR) is 104 cm³/mol. The summed E-state index contributed by atoms with van der Waals surface area (Å²) in [4.78, 5) is 13.4. The Bertz CT molecular complexity index is 613. The van der Waals surface area contributed by atoms with Gasteiger partial charge in [0.2, 0.25) is 5.91 Å². The summed E-state index contributed by atoms with van der Waals surface area (Å²) in [5, 5.41) is 3.44. The number of carbonyl (C=O) groups is 1. The Balaban J connectivity index is 1.68. The second kappa shape index (κ2) is 9.12. The van der Waals surface area contributed by atoms with Crippen LogP contribution in [0, 0.1) is 13.8 Å². The molecule has 4 N–H and O–H groups in total. The van der Waals surface area contributed by atoms with Crippen molar-refractivity contribution in [1.82, 2.24) is 10.9 Å². The zero-order chi connectivity index (χ0) is 18.4. The van der Waals surface area contributed by atoms with Crippen molar-refractivity contribution in [2.75, 3.05) is 25.0 Å². The van der Waals surface area contributed by atoms with Gasteiger partial charge in [-0.25, -0.2) is 0 Å². The number of ether oxygens (including phenoxy) is 1. The van der Waals surface area contributed by atoms with Gasteiger partial charge in [0.05, 0.1) is 13.0 Å². The summed E-state index contributed by atoms with van der Waals surface area (Å²) >= 11 is 5.21. The molecule has 1 aliphatic rings. The number of anilines is 1. The molecule has 2 rings (SSSR count). The lowest BCUT2D eigenvalue weighted by atomic mass is 10.1. The summed E-state index contributed by atoms with van der Waals surface area (Å²) in [5.74, 6) is -0.0662. The molecular formula is C18H29N4O2S+. The van der Waals surface area contributed by atoms with E-state index in [2.05, 4.69) is 43.9 Å². The molecule has 1 unspecified atom stereocenters. The minimum atomic E-state index is -0.0662. The first-order valence-corrected chi connectivity index (χ1v) is 9.16. The predicted octanol–water partition coefficient (Wildman–Crippen LogP) is 0.703. The zero-order valence-corrected chi connectivity index (χ0v) is 16.3. The molecule has 3 atom stereocenters. The van der Waals surface area contributed by atoms with Crippen molar-refractivity contribution in [2.24, 2.45) is 0 Å². The number of aryl methyl sites for hydroxylation is 2. The standard InChI is InChI=1S/C18H28N4O2S/c1-12-5-6-16(9-13(12)2)19-18(25)21-20-17(23)7-8-22-10-14(3)24-15(4)11-22/h5-6,9,14-15H,7-8,10-11H2,1-4H3,(H,20,23)(H2,19,21,25)/p+1/t14-,15+. The normalized spacial score (nSPS) is 23.0. The maximum absolute atomic E-state index is 12.0. The highest BCUT2D eigenvalue weighted by molar-refractivity contribution is 7.80. The van der Waals surface area contributed by atoms with E-state index >= 15 is 0 Å². The van der Waals surface area contributed by atoms with Crippen LogP contribution in [0.5, 0.6) is 0 Å². The summed E-state index contributed by atoms with van der Waals surface area (Å²) in [6.45, 7) is 10.9. The van der Waals surface area contributed by atoms with Crippen LogP contribution in [0.25, 0.3) is 0 Å². The van der Waals surface area contributed by atoms with E-state index in [0.29, 0.717) is 11.5 Å². The summed E-state index contributed by atoms with van der Waals surface area (Å²) in [7, 11) is 0. The molecule has 1 heterocycles. The van der Waals surface area contributed by atoms with Crippen LogP contribution in [0.3, 0.4) is 0 Å². The van der Waals surface area contributed by atoms with Gasteiger partial charge in [-0.05, 0) is 63.2 Å². The van der Waals surface area contributed by atoms with E-state index < -0.39 is 0 Å². The van der Waals surface area contributed by atoms with Gasteiger partial charge in [0, 0.05) is 5.69 Å². The Morgan fingerprint density at radius 3 is 2.52 bits per heavy atom. The summed E-state index contributed by atoms with van der Waals surface area (Å²) in [6.07, 6.45) is 0.943. The molecule has 0 bridgehead atoms. The largest absolute Gasteiger partial charge is 0.364 e. The molecular weight excluding hydrogens is 336 g/mol. The number of amides is 1. The number of morpholine rings is 1. The molecule has 6 nitrogen and oxygen atoms in total. The van der Waals surface area contributed by atoms with Crippen molar-refractivity contribution in [2.45, 2.75) is 46.3 Å². The van der Waals surface area contributed by atoms with Crippen molar-refractivity contribution in [1.29, 1.82) is 0 Å². The third kappa shape index (κ3) is 6.61. The van der Waals surface area contributed by atoms with E-state index in [9.17, 15) is 4.79 Å². The Morgan fingerprint density at radius 2 is 1.88 bits per heavy atom. The fourth-order valence-corrected chi connectivity index (χ4v) is 3.22. The first kappa shape index (κ1) is 19.6. The monoisotopic (exact) mass is 365 g/mol. The first-order valence-electron chi connectivity index (χ1n) is 8.75. The van der Waals surface area contributed by atoms with Gasteiger partial charge in [0.1, 0.15) is 25.3 Å². The van der Waals surface area contributed by atoms with E-state index in [0.717, 1.165) is 25.3 Å².